The Morgan fingerprint density at radius 1 is 1.31 bits per heavy atom. The van der Waals surface area contributed by atoms with Gasteiger partial charge < -0.3 is 21.1 Å². The van der Waals surface area contributed by atoms with Crippen molar-refractivity contribution in [2.45, 2.75) is 12.2 Å². The van der Waals surface area contributed by atoms with Crippen LogP contribution >= 0.6 is 0 Å². The van der Waals surface area contributed by atoms with Crippen molar-refractivity contribution in [3.8, 4) is 0 Å². The molecule has 0 fully saturated rings. The normalized spacial score (nSPS) is 15.3. The van der Waals surface area contributed by atoms with Gasteiger partial charge >= 0.3 is 0 Å². The van der Waals surface area contributed by atoms with E-state index < -0.39 is 18.8 Å². The highest BCUT2D eigenvalue weighted by Crippen LogP contribution is 2.18. The topological polar surface area (TPSA) is 86.7 Å². The lowest BCUT2D eigenvalue weighted by Gasteiger charge is -2.15. The van der Waals surface area contributed by atoms with Crippen molar-refractivity contribution in [1.29, 1.82) is 0 Å². The third-order valence-corrected chi connectivity index (χ3v) is 1.80. The zero-order valence-corrected chi connectivity index (χ0v) is 7.09. The van der Waals surface area contributed by atoms with Gasteiger partial charge in [0.2, 0.25) is 0 Å². The summed E-state index contributed by atoms with van der Waals surface area (Å²) in [4.78, 5) is 0. The van der Waals surface area contributed by atoms with Gasteiger partial charge in [0.15, 0.2) is 0 Å². The first-order valence-electron chi connectivity index (χ1n) is 3.97. The van der Waals surface area contributed by atoms with E-state index in [9.17, 15) is 5.11 Å². The molecule has 13 heavy (non-hydrogen) atoms. The maximum atomic E-state index is 9.45. The van der Waals surface area contributed by atoms with Gasteiger partial charge in [-0.2, -0.15) is 0 Å². The molecule has 0 amide bonds. The van der Waals surface area contributed by atoms with E-state index in [1.54, 1.807) is 24.3 Å². The average molecular weight is 183 g/mol. The summed E-state index contributed by atoms with van der Waals surface area (Å²) in [6.45, 7) is -0.476. The quantitative estimate of drug-likeness (QED) is 0.483. The molecule has 0 aliphatic rings. The number of rotatable bonds is 3. The van der Waals surface area contributed by atoms with Crippen molar-refractivity contribution in [3.63, 3.8) is 0 Å². The predicted octanol–water partition coefficient (Wildman–Crippen LogP) is -0.345. The zero-order chi connectivity index (χ0) is 9.84. The third-order valence-electron chi connectivity index (χ3n) is 1.80. The zero-order valence-electron chi connectivity index (χ0n) is 7.09. The highest BCUT2D eigenvalue weighted by Gasteiger charge is 2.16. The Hall–Kier alpha value is -1.10. The molecular formula is C9H13NO3. The van der Waals surface area contributed by atoms with Crippen LogP contribution in [0.2, 0.25) is 0 Å². The van der Waals surface area contributed by atoms with Crippen molar-refractivity contribution in [3.05, 3.63) is 29.8 Å². The Labute approximate surface area is 76.2 Å². The Morgan fingerprint density at radius 3 is 2.54 bits per heavy atom. The monoisotopic (exact) mass is 183 g/mol. The van der Waals surface area contributed by atoms with E-state index in [1.807, 2.05) is 0 Å². The number of anilines is 1. The summed E-state index contributed by atoms with van der Waals surface area (Å²) in [5.41, 5.74) is 6.50. The minimum absolute atomic E-state index is 0.476. The average Bonchev–Trinajstić information content (AvgIpc) is 2.15. The molecule has 1 rings (SSSR count). The van der Waals surface area contributed by atoms with Crippen LogP contribution in [0, 0.1) is 0 Å². The maximum Gasteiger partial charge on any atom is 0.107 e. The molecule has 2 unspecified atom stereocenters. The second-order valence-corrected chi connectivity index (χ2v) is 2.86. The highest BCUT2D eigenvalue weighted by molar-refractivity contribution is 5.41. The smallest absolute Gasteiger partial charge is 0.107 e. The molecule has 72 valence electrons. The standard InChI is InChI=1S/C9H13NO3/c10-7-3-1-2-6(4-7)9(13)8(12)5-11/h1-4,8-9,11-13H,5,10H2. The SMILES string of the molecule is Nc1cccc(C(O)C(O)CO)c1. The Kier molecular flexibility index (Phi) is 3.25. The summed E-state index contributed by atoms with van der Waals surface area (Å²) in [5, 5.41) is 27.2. The van der Waals surface area contributed by atoms with Crippen LogP contribution in [0.25, 0.3) is 0 Å². The molecule has 1 aromatic carbocycles. The minimum atomic E-state index is -1.17. The second kappa shape index (κ2) is 4.23. The molecule has 0 heterocycles. The molecule has 0 saturated carbocycles. The first-order chi connectivity index (χ1) is 6.15. The van der Waals surface area contributed by atoms with Gasteiger partial charge in [0, 0.05) is 5.69 Å². The summed E-state index contributed by atoms with van der Waals surface area (Å²) in [6.07, 6.45) is -2.25. The fourth-order valence-electron chi connectivity index (χ4n) is 1.06. The van der Waals surface area contributed by atoms with E-state index >= 15 is 0 Å². The fourth-order valence-corrected chi connectivity index (χ4v) is 1.06. The molecule has 0 spiro atoms. The van der Waals surface area contributed by atoms with Gasteiger partial charge in [-0.25, -0.2) is 0 Å². The summed E-state index contributed by atoms with van der Waals surface area (Å²) >= 11 is 0. The number of nitrogen functional groups attached to an aromatic ring is 1. The number of benzene rings is 1. The number of nitrogens with two attached hydrogens (primary N) is 1. The van der Waals surface area contributed by atoms with E-state index in [4.69, 9.17) is 15.9 Å². The Bertz CT molecular complexity index is 277. The van der Waals surface area contributed by atoms with E-state index in [2.05, 4.69) is 0 Å². The van der Waals surface area contributed by atoms with Crippen LogP contribution in [0.15, 0.2) is 24.3 Å². The molecule has 0 saturated heterocycles. The first-order valence-corrected chi connectivity index (χ1v) is 3.97. The lowest BCUT2D eigenvalue weighted by atomic mass is 10.0. The molecule has 0 aromatic heterocycles. The van der Waals surface area contributed by atoms with Crippen molar-refractivity contribution in [1.82, 2.24) is 0 Å². The first kappa shape index (κ1) is 9.98. The highest BCUT2D eigenvalue weighted by atomic mass is 16.4. The molecule has 0 bridgehead atoms. The lowest BCUT2D eigenvalue weighted by Crippen LogP contribution is -2.22. The van der Waals surface area contributed by atoms with Crippen molar-refractivity contribution in [2.24, 2.45) is 0 Å². The van der Waals surface area contributed by atoms with Crippen molar-refractivity contribution in [2.75, 3.05) is 12.3 Å². The number of aliphatic hydroxyl groups is 3. The Balaban J connectivity index is 2.82. The van der Waals surface area contributed by atoms with E-state index in [1.165, 1.54) is 0 Å². The molecule has 1 aromatic rings. The molecule has 0 radical (unpaired) electrons. The van der Waals surface area contributed by atoms with Crippen LogP contribution in [-0.2, 0) is 0 Å². The van der Waals surface area contributed by atoms with Crippen molar-refractivity contribution < 1.29 is 15.3 Å². The van der Waals surface area contributed by atoms with E-state index in [0.717, 1.165) is 0 Å². The predicted molar refractivity (Wildman–Crippen MR) is 48.9 cm³/mol. The van der Waals surface area contributed by atoms with E-state index in [0.29, 0.717) is 11.3 Å². The second-order valence-electron chi connectivity index (χ2n) is 2.86. The van der Waals surface area contributed by atoms with Crippen LogP contribution in [-0.4, -0.2) is 28.0 Å². The molecule has 5 N–H and O–H groups in total. The summed E-state index contributed by atoms with van der Waals surface area (Å²) < 4.78 is 0. The number of hydrogen-bond donors (Lipinski definition) is 4. The van der Waals surface area contributed by atoms with Gasteiger partial charge in [0.25, 0.3) is 0 Å². The van der Waals surface area contributed by atoms with Crippen LogP contribution in [0.4, 0.5) is 5.69 Å². The number of aliphatic hydroxyl groups excluding tert-OH is 3. The maximum absolute atomic E-state index is 9.45. The fraction of sp³-hybridized carbons (Fsp3) is 0.333. The number of hydrogen-bond acceptors (Lipinski definition) is 4. The van der Waals surface area contributed by atoms with Gasteiger partial charge in [-0.05, 0) is 17.7 Å². The summed E-state index contributed by atoms with van der Waals surface area (Å²) in [6, 6.07) is 6.56. The van der Waals surface area contributed by atoms with Gasteiger partial charge in [-0.1, -0.05) is 12.1 Å². The molecule has 4 heteroatoms. The lowest BCUT2D eigenvalue weighted by molar-refractivity contribution is -0.0152. The van der Waals surface area contributed by atoms with Crippen molar-refractivity contribution >= 4 is 5.69 Å². The van der Waals surface area contributed by atoms with Gasteiger partial charge in [-0.15, -0.1) is 0 Å². The minimum Gasteiger partial charge on any atom is -0.399 e. The molecule has 4 nitrogen and oxygen atoms in total. The molecule has 2 atom stereocenters. The van der Waals surface area contributed by atoms with Crippen LogP contribution in [0.3, 0.4) is 0 Å². The van der Waals surface area contributed by atoms with Gasteiger partial charge in [-0.3, -0.25) is 0 Å². The summed E-state index contributed by atoms with van der Waals surface area (Å²) in [7, 11) is 0. The summed E-state index contributed by atoms with van der Waals surface area (Å²) in [5.74, 6) is 0. The molecule has 0 aliphatic carbocycles. The van der Waals surface area contributed by atoms with Crippen LogP contribution < -0.4 is 5.73 Å². The van der Waals surface area contributed by atoms with Gasteiger partial charge in [0.05, 0.1) is 6.61 Å². The Morgan fingerprint density at radius 2 is 2.00 bits per heavy atom. The van der Waals surface area contributed by atoms with Crippen LogP contribution in [0.5, 0.6) is 0 Å². The largest absolute Gasteiger partial charge is 0.399 e. The van der Waals surface area contributed by atoms with E-state index in [-0.39, 0.29) is 0 Å². The van der Waals surface area contributed by atoms with Gasteiger partial charge in [0.1, 0.15) is 12.2 Å². The molecular weight excluding hydrogens is 170 g/mol. The molecule has 0 aliphatic heterocycles. The van der Waals surface area contributed by atoms with Crippen LogP contribution in [0.1, 0.15) is 11.7 Å². The third kappa shape index (κ3) is 2.42.